The zero-order valence-corrected chi connectivity index (χ0v) is 11.8. The number of rotatable bonds is 8. The van der Waals surface area contributed by atoms with Gasteiger partial charge in [0.15, 0.2) is 6.10 Å². The van der Waals surface area contributed by atoms with Crippen molar-refractivity contribution in [2.75, 3.05) is 26.7 Å². The Morgan fingerprint density at radius 2 is 2.00 bits per heavy atom. The molecule has 0 aliphatic heterocycles. The summed E-state index contributed by atoms with van der Waals surface area (Å²) in [6, 6.07) is 9.59. The molecule has 1 aromatic carbocycles. The van der Waals surface area contributed by atoms with Crippen molar-refractivity contribution in [2.45, 2.75) is 25.9 Å². The zero-order chi connectivity index (χ0) is 14.1. The molecular formula is C15H24N2O2. The molecule has 1 unspecified atom stereocenters. The van der Waals surface area contributed by atoms with E-state index in [1.54, 1.807) is 7.11 Å². The summed E-state index contributed by atoms with van der Waals surface area (Å²) in [6.45, 7) is 4.09. The van der Waals surface area contributed by atoms with Crippen molar-refractivity contribution in [1.29, 1.82) is 0 Å². The van der Waals surface area contributed by atoms with E-state index in [4.69, 9.17) is 10.5 Å². The molecule has 4 heteroatoms. The molecule has 0 aliphatic rings. The largest absolute Gasteiger partial charge is 0.367 e. The summed E-state index contributed by atoms with van der Waals surface area (Å²) >= 11 is 0. The molecule has 0 saturated heterocycles. The first-order valence-electron chi connectivity index (χ1n) is 6.81. The topological polar surface area (TPSA) is 55.6 Å². The molecule has 19 heavy (non-hydrogen) atoms. The van der Waals surface area contributed by atoms with Crippen LogP contribution in [0, 0.1) is 0 Å². The Bertz CT molecular complexity index is 368. The van der Waals surface area contributed by atoms with E-state index in [0.717, 1.165) is 24.9 Å². The van der Waals surface area contributed by atoms with Gasteiger partial charge < -0.3 is 15.4 Å². The van der Waals surface area contributed by atoms with Gasteiger partial charge in [-0.2, -0.15) is 0 Å². The van der Waals surface area contributed by atoms with Gasteiger partial charge in [-0.1, -0.05) is 37.3 Å². The van der Waals surface area contributed by atoms with E-state index in [1.165, 1.54) is 0 Å². The first-order chi connectivity index (χ1) is 9.24. The highest BCUT2D eigenvalue weighted by Crippen LogP contribution is 2.19. The lowest BCUT2D eigenvalue weighted by atomic mass is 10.1. The van der Waals surface area contributed by atoms with Gasteiger partial charge in [-0.3, -0.25) is 4.79 Å². The van der Waals surface area contributed by atoms with E-state index >= 15 is 0 Å². The number of ether oxygens (including phenoxy) is 1. The highest BCUT2D eigenvalue weighted by molar-refractivity contribution is 5.82. The minimum Gasteiger partial charge on any atom is -0.367 e. The van der Waals surface area contributed by atoms with E-state index in [0.29, 0.717) is 13.1 Å². The average molecular weight is 264 g/mol. The fourth-order valence-electron chi connectivity index (χ4n) is 2.06. The number of methoxy groups -OCH3 is 1. The Hall–Kier alpha value is -1.39. The van der Waals surface area contributed by atoms with Crippen LogP contribution in [0.1, 0.15) is 31.4 Å². The van der Waals surface area contributed by atoms with Crippen LogP contribution in [0.5, 0.6) is 0 Å². The van der Waals surface area contributed by atoms with Crippen molar-refractivity contribution in [3.8, 4) is 0 Å². The molecule has 1 rings (SSSR count). The van der Waals surface area contributed by atoms with Crippen LogP contribution in [0.15, 0.2) is 30.3 Å². The maximum atomic E-state index is 12.5. The third-order valence-corrected chi connectivity index (χ3v) is 3.00. The van der Waals surface area contributed by atoms with Gasteiger partial charge >= 0.3 is 0 Å². The van der Waals surface area contributed by atoms with Crippen molar-refractivity contribution < 1.29 is 9.53 Å². The molecule has 2 N–H and O–H groups in total. The van der Waals surface area contributed by atoms with Crippen molar-refractivity contribution in [1.82, 2.24) is 4.90 Å². The molecule has 1 amide bonds. The molecule has 4 nitrogen and oxygen atoms in total. The van der Waals surface area contributed by atoms with Crippen LogP contribution in [-0.4, -0.2) is 37.6 Å². The lowest BCUT2D eigenvalue weighted by molar-refractivity contribution is -0.142. The first-order valence-corrected chi connectivity index (χ1v) is 6.81. The molecule has 0 heterocycles. The first kappa shape index (κ1) is 15.7. The lowest BCUT2D eigenvalue weighted by Crippen LogP contribution is -2.37. The fraction of sp³-hybridized carbons (Fsp3) is 0.533. The SMILES string of the molecule is CCCN(CCCN)C(=O)C(OC)c1ccccc1. The number of hydrogen-bond donors (Lipinski definition) is 1. The second kappa shape index (κ2) is 8.67. The predicted octanol–water partition coefficient (Wildman–Crippen LogP) is 1.96. The molecule has 0 radical (unpaired) electrons. The van der Waals surface area contributed by atoms with Crippen LogP contribution in [0.4, 0.5) is 0 Å². The van der Waals surface area contributed by atoms with Gasteiger partial charge in [0.25, 0.3) is 5.91 Å². The average Bonchev–Trinajstić information content (AvgIpc) is 2.45. The van der Waals surface area contributed by atoms with Crippen molar-refractivity contribution in [2.24, 2.45) is 5.73 Å². The monoisotopic (exact) mass is 264 g/mol. The molecule has 0 spiro atoms. The number of nitrogens with zero attached hydrogens (tertiary/aromatic N) is 1. The summed E-state index contributed by atoms with van der Waals surface area (Å²) in [4.78, 5) is 14.4. The third kappa shape index (κ3) is 4.65. The van der Waals surface area contributed by atoms with E-state index < -0.39 is 6.10 Å². The fourth-order valence-corrected chi connectivity index (χ4v) is 2.06. The van der Waals surface area contributed by atoms with Gasteiger partial charge in [0, 0.05) is 20.2 Å². The van der Waals surface area contributed by atoms with E-state index in [-0.39, 0.29) is 5.91 Å². The van der Waals surface area contributed by atoms with Gasteiger partial charge in [0.1, 0.15) is 0 Å². The van der Waals surface area contributed by atoms with Crippen LogP contribution >= 0.6 is 0 Å². The summed E-state index contributed by atoms with van der Waals surface area (Å²) in [5, 5.41) is 0. The summed E-state index contributed by atoms with van der Waals surface area (Å²) in [7, 11) is 1.57. The molecule has 0 aromatic heterocycles. The highest BCUT2D eigenvalue weighted by Gasteiger charge is 2.24. The number of hydrogen-bond acceptors (Lipinski definition) is 3. The molecule has 0 bridgehead atoms. The Kier molecular flexibility index (Phi) is 7.15. The van der Waals surface area contributed by atoms with E-state index in [9.17, 15) is 4.79 Å². The number of carbonyl (C=O) groups is 1. The Labute approximate surface area is 115 Å². The van der Waals surface area contributed by atoms with Crippen molar-refractivity contribution in [3.63, 3.8) is 0 Å². The summed E-state index contributed by atoms with van der Waals surface area (Å²) in [5.74, 6) is 0.0176. The minimum atomic E-state index is -0.523. The summed E-state index contributed by atoms with van der Waals surface area (Å²) in [6.07, 6.45) is 1.23. The highest BCUT2D eigenvalue weighted by atomic mass is 16.5. The molecule has 0 aliphatic carbocycles. The van der Waals surface area contributed by atoms with Crippen molar-refractivity contribution >= 4 is 5.91 Å². The third-order valence-electron chi connectivity index (χ3n) is 3.00. The smallest absolute Gasteiger partial charge is 0.256 e. The van der Waals surface area contributed by atoms with Crippen molar-refractivity contribution in [3.05, 3.63) is 35.9 Å². The van der Waals surface area contributed by atoms with Crippen LogP contribution in [-0.2, 0) is 9.53 Å². The number of nitrogens with two attached hydrogens (primary N) is 1. The maximum absolute atomic E-state index is 12.5. The second-order valence-corrected chi connectivity index (χ2v) is 4.49. The second-order valence-electron chi connectivity index (χ2n) is 4.49. The van der Waals surface area contributed by atoms with Crippen LogP contribution < -0.4 is 5.73 Å². The summed E-state index contributed by atoms with van der Waals surface area (Å²) < 4.78 is 5.38. The van der Waals surface area contributed by atoms with Crippen LogP contribution in [0.3, 0.4) is 0 Å². The van der Waals surface area contributed by atoms with Crippen LogP contribution in [0.25, 0.3) is 0 Å². The molecule has 1 aromatic rings. The molecule has 1 atom stereocenters. The normalized spacial score (nSPS) is 12.2. The number of amides is 1. The van der Waals surface area contributed by atoms with Gasteiger partial charge in [0.2, 0.25) is 0 Å². The molecular weight excluding hydrogens is 240 g/mol. The Morgan fingerprint density at radius 1 is 1.32 bits per heavy atom. The lowest BCUT2D eigenvalue weighted by Gasteiger charge is -2.26. The minimum absolute atomic E-state index is 0.0176. The quantitative estimate of drug-likeness (QED) is 0.781. The standard InChI is InChI=1S/C15H24N2O2/c1-3-11-17(12-7-10-16)15(18)14(19-2)13-8-5-4-6-9-13/h4-6,8-9,14H,3,7,10-12,16H2,1-2H3. The molecule has 0 saturated carbocycles. The maximum Gasteiger partial charge on any atom is 0.256 e. The molecule has 0 fully saturated rings. The van der Waals surface area contributed by atoms with Gasteiger partial charge in [-0.15, -0.1) is 0 Å². The van der Waals surface area contributed by atoms with Gasteiger partial charge in [-0.05, 0) is 24.9 Å². The van der Waals surface area contributed by atoms with E-state index in [1.807, 2.05) is 35.2 Å². The molecule has 106 valence electrons. The van der Waals surface area contributed by atoms with Gasteiger partial charge in [0.05, 0.1) is 0 Å². The number of carbonyl (C=O) groups excluding carboxylic acids is 1. The zero-order valence-electron chi connectivity index (χ0n) is 11.8. The van der Waals surface area contributed by atoms with E-state index in [2.05, 4.69) is 6.92 Å². The van der Waals surface area contributed by atoms with Crippen LogP contribution in [0.2, 0.25) is 0 Å². The Morgan fingerprint density at radius 3 is 2.53 bits per heavy atom. The number of benzene rings is 1. The van der Waals surface area contributed by atoms with Gasteiger partial charge in [-0.25, -0.2) is 0 Å². The predicted molar refractivity (Wildman–Crippen MR) is 76.7 cm³/mol. The summed E-state index contributed by atoms with van der Waals surface area (Å²) in [5.41, 5.74) is 6.42. The Balaban J connectivity index is 2.80.